The van der Waals surface area contributed by atoms with Crippen LogP contribution in [0.15, 0.2) is 54.6 Å². The Kier molecular flexibility index (Phi) is 5.74. The summed E-state index contributed by atoms with van der Waals surface area (Å²) in [4.78, 5) is 40.5. The lowest BCUT2D eigenvalue weighted by Gasteiger charge is -2.28. The minimum absolute atomic E-state index is 0.110. The molecule has 2 aliphatic rings. The summed E-state index contributed by atoms with van der Waals surface area (Å²) in [6, 6.07) is 15.6. The summed E-state index contributed by atoms with van der Waals surface area (Å²) >= 11 is 0. The van der Waals surface area contributed by atoms with Gasteiger partial charge in [-0.15, -0.1) is 0 Å². The molecule has 2 aromatic rings. The Morgan fingerprint density at radius 1 is 0.862 bits per heavy atom. The molecule has 0 saturated heterocycles. The highest BCUT2D eigenvalue weighted by atomic mass is 16.2. The number of fused-ring (bicyclic) bond motifs is 1. The maximum Gasteiger partial charge on any atom is 0.262 e. The first-order chi connectivity index (χ1) is 14.1. The van der Waals surface area contributed by atoms with Crippen molar-refractivity contribution in [2.24, 2.45) is 0 Å². The van der Waals surface area contributed by atoms with Crippen LogP contribution in [0.1, 0.15) is 64.8 Å². The Morgan fingerprint density at radius 3 is 2.00 bits per heavy atom. The zero-order valence-corrected chi connectivity index (χ0v) is 16.5. The van der Waals surface area contributed by atoms with Crippen molar-refractivity contribution in [3.05, 3.63) is 71.3 Å². The molecule has 1 atom stereocenters. The Labute approximate surface area is 171 Å². The van der Waals surface area contributed by atoms with Gasteiger partial charge in [-0.25, -0.2) is 0 Å². The first-order valence-electron chi connectivity index (χ1n) is 10.5. The summed E-state index contributed by atoms with van der Waals surface area (Å²) in [6.45, 7) is 0. The number of carbonyl (C=O) groups is 3. The number of nitrogens with one attached hydrogen (secondary N) is 1. The maximum absolute atomic E-state index is 13.3. The van der Waals surface area contributed by atoms with Gasteiger partial charge in [0.15, 0.2) is 0 Å². The number of nitrogens with zero attached hydrogens (tertiary/aromatic N) is 1. The maximum atomic E-state index is 13.3. The molecule has 3 amide bonds. The fourth-order valence-corrected chi connectivity index (χ4v) is 4.35. The summed E-state index contributed by atoms with van der Waals surface area (Å²) in [5.74, 6) is -1.01. The number of rotatable bonds is 5. The van der Waals surface area contributed by atoms with E-state index in [-0.39, 0.29) is 23.8 Å². The molecule has 0 radical (unpaired) electrons. The smallest absolute Gasteiger partial charge is 0.262 e. The molecular formula is C24H26N2O3. The van der Waals surface area contributed by atoms with Gasteiger partial charge in [0.2, 0.25) is 5.91 Å². The monoisotopic (exact) mass is 390 g/mol. The van der Waals surface area contributed by atoms with Gasteiger partial charge in [-0.3, -0.25) is 19.3 Å². The van der Waals surface area contributed by atoms with Crippen molar-refractivity contribution in [2.75, 3.05) is 0 Å². The van der Waals surface area contributed by atoms with E-state index in [1.165, 1.54) is 12.8 Å². The average Bonchev–Trinajstić information content (AvgIpc) is 2.91. The zero-order chi connectivity index (χ0) is 20.2. The summed E-state index contributed by atoms with van der Waals surface area (Å²) in [5.41, 5.74) is 1.67. The van der Waals surface area contributed by atoms with Gasteiger partial charge >= 0.3 is 0 Å². The lowest BCUT2D eigenvalue weighted by molar-refractivity contribution is -0.125. The molecule has 4 rings (SSSR count). The van der Waals surface area contributed by atoms with Gasteiger partial charge in [-0.05, 0) is 30.5 Å². The van der Waals surface area contributed by atoms with E-state index in [1.807, 2.05) is 30.3 Å². The van der Waals surface area contributed by atoms with E-state index in [4.69, 9.17) is 0 Å². The van der Waals surface area contributed by atoms with Crippen LogP contribution < -0.4 is 5.32 Å². The second-order valence-corrected chi connectivity index (χ2v) is 7.93. The van der Waals surface area contributed by atoms with Crippen molar-refractivity contribution in [3.63, 3.8) is 0 Å². The first kappa shape index (κ1) is 19.4. The number of carbonyl (C=O) groups excluding carboxylic acids is 3. The fourth-order valence-electron chi connectivity index (χ4n) is 4.35. The molecule has 2 aromatic carbocycles. The van der Waals surface area contributed by atoms with E-state index in [0.29, 0.717) is 17.5 Å². The van der Waals surface area contributed by atoms with Crippen LogP contribution in [0, 0.1) is 0 Å². The molecule has 1 aliphatic heterocycles. The molecule has 1 saturated carbocycles. The largest absolute Gasteiger partial charge is 0.352 e. The summed E-state index contributed by atoms with van der Waals surface area (Å²) in [7, 11) is 0. The van der Waals surface area contributed by atoms with Crippen molar-refractivity contribution >= 4 is 17.7 Å². The third-order valence-corrected chi connectivity index (χ3v) is 5.91. The zero-order valence-electron chi connectivity index (χ0n) is 16.5. The Morgan fingerprint density at radius 2 is 1.41 bits per heavy atom. The Balaban J connectivity index is 1.61. The molecule has 0 bridgehead atoms. The van der Waals surface area contributed by atoms with E-state index in [1.54, 1.807) is 24.3 Å². The lowest BCUT2D eigenvalue weighted by atomic mass is 10.0. The van der Waals surface area contributed by atoms with Gasteiger partial charge in [0.05, 0.1) is 11.1 Å². The van der Waals surface area contributed by atoms with Crippen LogP contribution in [0.2, 0.25) is 0 Å². The molecule has 0 aromatic heterocycles. The Hall–Kier alpha value is -2.95. The average molecular weight is 390 g/mol. The molecule has 1 heterocycles. The molecule has 1 aliphatic carbocycles. The molecule has 0 unspecified atom stereocenters. The highest BCUT2D eigenvalue weighted by molar-refractivity contribution is 6.22. The third-order valence-electron chi connectivity index (χ3n) is 5.91. The number of hydrogen-bond acceptors (Lipinski definition) is 3. The van der Waals surface area contributed by atoms with E-state index in [9.17, 15) is 14.4 Å². The van der Waals surface area contributed by atoms with Gasteiger partial charge in [0, 0.05) is 12.5 Å². The predicted molar refractivity (Wildman–Crippen MR) is 111 cm³/mol. The highest BCUT2D eigenvalue weighted by Crippen LogP contribution is 2.26. The van der Waals surface area contributed by atoms with Crippen LogP contribution in [0.3, 0.4) is 0 Å². The number of amides is 3. The van der Waals surface area contributed by atoms with E-state index >= 15 is 0 Å². The lowest BCUT2D eigenvalue weighted by Crippen LogP contribution is -2.52. The fraction of sp³-hybridized carbons (Fsp3) is 0.375. The minimum Gasteiger partial charge on any atom is -0.352 e. The number of imide groups is 1. The summed E-state index contributed by atoms with van der Waals surface area (Å²) in [6.07, 6.45) is 6.79. The third kappa shape index (κ3) is 4.09. The standard InChI is InChI=1S/C24H26N2O3/c27-22(25-18-12-6-1-2-7-13-18)21(16-17-10-4-3-5-11-17)26-23(28)19-14-8-9-15-20(19)24(26)29/h3-5,8-11,14-15,18,21H,1-2,6-7,12-13,16H2,(H,25,27)/t21-/m1/s1. The molecule has 150 valence electrons. The Bertz CT molecular complexity index is 866. The van der Waals surface area contributed by atoms with Crippen molar-refractivity contribution < 1.29 is 14.4 Å². The second-order valence-electron chi connectivity index (χ2n) is 7.93. The molecule has 29 heavy (non-hydrogen) atoms. The van der Waals surface area contributed by atoms with Gasteiger partial charge in [0.25, 0.3) is 11.8 Å². The molecule has 1 fully saturated rings. The normalized spacial score (nSPS) is 18.3. The topological polar surface area (TPSA) is 66.5 Å². The van der Waals surface area contributed by atoms with E-state index < -0.39 is 6.04 Å². The van der Waals surface area contributed by atoms with Crippen LogP contribution in [0.4, 0.5) is 0 Å². The van der Waals surface area contributed by atoms with E-state index in [0.717, 1.165) is 36.1 Å². The molecule has 5 heteroatoms. The van der Waals surface area contributed by atoms with Crippen LogP contribution in [0.5, 0.6) is 0 Å². The van der Waals surface area contributed by atoms with Crippen molar-refractivity contribution in [3.8, 4) is 0 Å². The van der Waals surface area contributed by atoms with Crippen molar-refractivity contribution in [1.29, 1.82) is 0 Å². The number of benzene rings is 2. The van der Waals surface area contributed by atoms with Crippen molar-refractivity contribution in [1.82, 2.24) is 10.2 Å². The van der Waals surface area contributed by atoms with Crippen LogP contribution >= 0.6 is 0 Å². The van der Waals surface area contributed by atoms with Gasteiger partial charge in [-0.1, -0.05) is 68.1 Å². The van der Waals surface area contributed by atoms with E-state index in [2.05, 4.69) is 5.32 Å². The highest BCUT2D eigenvalue weighted by Gasteiger charge is 2.42. The quantitative estimate of drug-likeness (QED) is 0.625. The number of hydrogen-bond donors (Lipinski definition) is 1. The molecule has 1 N–H and O–H groups in total. The molecule has 0 spiro atoms. The summed E-state index contributed by atoms with van der Waals surface area (Å²) < 4.78 is 0. The minimum atomic E-state index is -0.854. The van der Waals surface area contributed by atoms with Crippen LogP contribution in [-0.4, -0.2) is 34.7 Å². The second kappa shape index (κ2) is 8.60. The van der Waals surface area contributed by atoms with Gasteiger partial charge < -0.3 is 5.32 Å². The SMILES string of the molecule is O=C(NC1CCCCCC1)[C@@H](Cc1ccccc1)N1C(=O)c2ccccc2C1=O. The van der Waals surface area contributed by atoms with Crippen LogP contribution in [0.25, 0.3) is 0 Å². The molecule has 5 nitrogen and oxygen atoms in total. The van der Waals surface area contributed by atoms with Gasteiger partial charge in [0.1, 0.15) is 6.04 Å². The van der Waals surface area contributed by atoms with Crippen LogP contribution in [-0.2, 0) is 11.2 Å². The molecular weight excluding hydrogens is 364 g/mol. The summed E-state index contributed by atoms with van der Waals surface area (Å²) in [5, 5.41) is 3.14. The van der Waals surface area contributed by atoms with Gasteiger partial charge in [-0.2, -0.15) is 0 Å². The predicted octanol–water partition coefficient (Wildman–Crippen LogP) is 3.73. The van der Waals surface area contributed by atoms with Crippen molar-refractivity contribution in [2.45, 2.75) is 57.0 Å². The first-order valence-corrected chi connectivity index (χ1v) is 10.5.